The largest absolute Gasteiger partial charge is 0.507 e. The van der Waals surface area contributed by atoms with Crippen LogP contribution in [0.2, 0.25) is 5.02 Å². The van der Waals surface area contributed by atoms with Gasteiger partial charge in [-0.2, -0.15) is 5.10 Å². The van der Waals surface area contributed by atoms with Gasteiger partial charge in [0.05, 0.1) is 25.5 Å². The molecule has 1 amide bonds. The molecule has 1 aliphatic rings. The molecule has 0 fully saturated rings. The number of phenolic OH excluding ortho intramolecular Hbond substituents is 1. The number of fused-ring (bicyclic) bond motifs is 1. The van der Waals surface area contributed by atoms with Gasteiger partial charge in [-0.1, -0.05) is 43.5 Å². The number of aromatic amines is 1. The summed E-state index contributed by atoms with van der Waals surface area (Å²) in [5.74, 6) is 1.30. The van der Waals surface area contributed by atoms with Gasteiger partial charge < -0.3 is 19.2 Å². The molecule has 4 aromatic rings. The number of unbranched alkanes of at least 4 members (excludes halogenated alkanes) is 2. The summed E-state index contributed by atoms with van der Waals surface area (Å²) in [6, 6.07) is 15.8. The second-order valence-electron chi connectivity index (χ2n) is 8.56. The molecule has 0 radical (unpaired) electrons. The van der Waals surface area contributed by atoms with Crippen LogP contribution in [0.1, 0.15) is 59.6 Å². The van der Waals surface area contributed by atoms with Crippen LogP contribution in [0.15, 0.2) is 65.3 Å². The van der Waals surface area contributed by atoms with E-state index in [9.17, 15) is 9.90 Å². The highest BCUT2D eigenvalue weighted by atomic mass is 35.5. The maximum Gasteiger partial charge on any atom is 0.273 e. The summed E-state index contributed by atoms with van der Waals surface area (Å²) in [7, 11) is 0. The summed E-state index contributed by atoms with van der Waals surface area (Å²) >= 11 is 6.22. The molecule has 8 heteroatoms. The second-order valence-corrected chi connectivity index (χ2v) is 9.00. The molecule has 180 valence electrons. The molecule has 5 rings (SSSR count). The van der Waals surface area contributed by atoms with Crippen LogP contribution < -0.4 is 4.74 Å². The Labute approximate surface area is 208 Å². The molecule has 2 N–H and O–H groups in total. The highest BCUT2D eigenvalue weighted by Gasteiger charge is 2.42. The number of H-pyrrole nitrogens is 1. The highest BCUT2D eigenvalue weighted by Crippen LogP contribution is 2.45. The van der Waals surface area contributed by atoms with Crippen LogP contribution in [0.5, 0.6) is 11.5 Å². The van der Waals surface area contributed by atoms with Gasteiger partial charge in [-0.05, 0) is 54.4 Å². The number of rotatable bonds is 9. The van der Waals surface area contributed by atoms with E-state index in [-0.39, 0.29) is 18.2 Å². The summed E-state index contributed by atoms with van der Waals surface area (Å²) in [5.41, 5.74) is 2.92. The summed E-state index contributed by atoms with van der Waals surface area (Å²) < 4.78 is 11.4. The molecule has 35 heavy (non-hydrogen) atoms. The molecule has 7 nitrogen and oxygen atoms in total. The van der Waals surface area contributed by atoms with E-state index < -0.39 is 6.04 Å². The fourth-order valence-corrected chi connectivity index (χ4v) is 4.64. The first kappa shape index (κ1) is 23.1. The molecule has 1 aliphatic heterocycles. The minimum absolute atomic E-state index is 0.0372. The summed E-state index contributed by atoms with van der Waals surface area (Å²) in [6.07, 6.45) is 4.87. The number of carbonyl (C=O) groups is 1. The van der Waals surface area contributed by atoms with E-state index in [4.69, 9.17) is 20.8 Å². The van der Waals surface area contributed by atoms with Crippen molar-refractivity contribution in [2.75, 3.05) is 6.61 Å². The predicted octanol–water partition coefficient (Wildman–Crippen LogP) is 6.34. The molecule has 0 spiro atoms. The monoisotopic (exact) mass is 491 g/mol. The van der Waals surface area contributed by atoms with Crippen molar-refractivity contribution < 1.29 is 19.1 Å². The Hall–Kier alpha value is -3.71. The van der Waals surface area contributed by atoms with E-state index >= 15 is 0 Å². The molecule has 2 aromatic carbocycles. The smallest absolute Gasteiger partial charge is 0.273 e. The maximum atomic E-state index is 13.5. The van der Waals surface area contributed by atoms with Crippen molar-refractivity contribution in [1.29, 1.82) is 0 Å². The number of hydrogen-bond donors (Lipinski definition) is 2. The fraction of sp³-hybridized carbons (Fsp3) is 0.259. The SMILES string of the molecule is CCCCCOc1ccc(C2c3c(-c4cc(Cl)ccc4O)n[nH]c3C(=O)N2Cc2ccco2)cc1. The lowest BCUT2D eigenvalue weighted by molar-refractivity contribution is 0.0717. The maximum absolute atomic E-state index is 13.5. The van der Waals surface area contributed by atoms with Crippen LogP contribution in [0.3, 0.4) is 0 Å². The summed E-state index contributed by atoms with van der Waals surface area (Å²) in [5, 5.41) is 18.3. The molecule has 3 heterocycles. The van der Waals surface area contributed by atoms with E-state index in [1.54, 1.807) is 29.4 Å². The van der Waals surface area contributed by atoms with E-state index in [1.807, 2.05) is 30.3 Å². The van der Waals surface area contributed by atoms with Gasteiger partial charge in [0.2, 0.25) is 0 Å². The fourth-order valence-electron chi connectivity index (χ4n) is 4.47. The number of nitrogens with zero attached hydrogens (tertiary/aromatic N) is 2. The van der Waals surface area contributed by atoms with Crippen molar-refractivity contribution in [3.63, 3.8) is 0 Å². The minimum Gasteiger partial charge on any atom is -0.507 e. The number of phenols is 1. The lowest BCUT2D eigenvalue weighted by Gasteiger charge is -2.26. The normalized spacial score (nSPS) is 15.0. The quantitative estimate of drug-likeness (QED) is 0.266. The van der Waals surface area contributed by atoms with Crippen molar-refractivity contribution in [2.45, 2.75) is 38.8 Å². The van der Waals surface area contributed by atoms with E-state index in [0.717, 1.165) is 30.6 Å². The number of amides is 1. The molecule has 0 aliphatic carbocycles. The first-order valence-corrected chi connectivity index (χ1v) is 12.1. The first-order chi connectivity index (χ1) is 17.1. The second kappa shape index (κ2) is 9.88. The molecule has 0 saturated heterocycles. The zero-order valence-corrected chi connectivity index (χ0v) is 20.1. The molecule has 1 atom stereocenters. The van der Waals surface area contributed by atoms with Gasteiger partial charge in [0, 0.05) is 16.1 Å². The number of hydrogen-bond acceptors (Lipinski definition) is 5. The molecule has 0 bridgehead atoms. The lowest BCUT2D eigenvalue weighted by atomic mass is 9.95. The number of nitrogens with one attached hydrogen (secondary N) is 1. The zero-order valence-electron chi connectivity index (χ0n) is 19.3. The van der Waals surface area contributed by atoms with Gasteiger partial charge in [0.25, 0.3) is 5.91 Å². The molecular formula is C27H26ClN3O4. The third kappa shape index (κ3) is 4.51. The number of halogens is 1. The van der Waals surface area contributed by atoms with Crippen LogP contribution in [0.25, 0.3) is 11.3 Å². The minimum atomic E-state index is -0.441. The zero-order chi connectivity index (χ0) is 24.4. The van der Waals surface area contributed by atoms with Crippen LogP contribution in [0, 0.1) is 0 Å². The van der Waals surface area contributed by atoms with E-state index in [1.165, 1.54) is 6.07 Å². The molecule has 1 unspecified atom stereocenters. The Morgan fingerprint density at radius 2 is 2.00 bits per heavy atom. The Bertz CT molecular complexity index is 1310. The third-order valence-corrected chi connectivity index (χ3v) is 6.43. The van der Waals surface area contributed by atoms with Crippen molar-refractivity contribution in [1.82, 2.24) is 15.1 Å². The average molecular weight is 492 g/mol. The summed E-state index contributed by atoms with van der Waals surface area (Å²) in [4.78, 5) is 15.2. The van der Waals surface area contributed by atoms with Crippen LogP contribution in [-0.4, -0.2) is 32.7 Å². The highest BCUT2D eigenvalue weighted by molar-refractivity contribution is 6.31. The lowest BCUT2D eigenvalue weighted by Crippen LogP contribution is -2.28. The number of aromatic hydroxyl groups is 1. The average Bonchev–Trinajstić information content (AvgIpc) is 3.59. The van der Waals surface area contributed by atoms with Crippen molar-refractivity contribution in [3.8, 4) is 22.8 Å². The van der Waals surface area contributed by atoms with Gasteiger partial charge in [0.1, 0.15) is 28.6 Å². The number of ether oxygens (including phenoxy) is 1. The van der Waals surface area contributed by atoms with E-state index in [0.29, 0.717) is 39.9 Å². The van der Waals surface area contributed by atoms with Crippen LogP contribution in [-0.2, 0) is 6.54 Å². The Morgan fingerprint density at radius 3 is 2.74 bits per heavy atom. The number of benzene rings is 2. The standard InChI is InChI=1S/C27H26ClN3O4/c1-2-3-4-13-34-19-10-7-17(8-11-19)26-23-24(21-15-18(28)9-12-22(21)32)29-30-25(23)27(33)31(26)16-20-6-5-14-35-20/h5-12,14-15,26,32H,2-4,13,16H2,1H3,(H,29,30). The number of furan rings is 1. The Balaban J connectivity index is 1.54. The van der Waals surface area contributed by atoms with Crippen LogP contribution in [0.4, 0.5) is 0 Å². The van der Waals surface area contributed by atoms with Gasteiger partial charge in [-0.15, -0.1) is 0 Å². The topological polar surface area (TPSA) is 91.6 Å². The molecule has 2 aromatic heterocycles. The Morgan fingerprint density at radius 1 is 1.17 bits per heavy atom. The van der Waals surface area contributed by atoms with Crippen molar-refractivity contribution >= 4 is 17.5 Å². The van der Waals surface area contributed by atoms with Gasteiger partial charge in [0.15, 0.2) is 0 Å². The number of aromatic nitrogens is 2. The third-order valence-electron chi connectivity index (χ3n) is 6.20. The Kier molecular flexibility index (Phi) is 6.51. The van der Waals surface area contributed by atoms with Gasteiger partial charge in [-0.25, -0.2) is 0 Å². The van der Waals surface area contributed by atoms with Crippen molar-refractivity contribution in [3.05, 3.63) is 88.5 Å². The van der Waals surface area contributed by atoms with Crippen LogP contribution >= 0.6 is 11.6 Å². The van der Waals surface area contributed by atoms with E-state index in [2.05, 4.69) is 17.1 Å². The predicted molar refractivity (Wildman–Crippen MR) is 133 cm³/mol. The number of carbonyl (C=O) groups excluding carboxylic acids is 1. The molecular weight excluding hydrogens is 466 g/mol. The van der Waals surface area contributed by atoms with Gasteiger partial charge >= 0.3 is 0 Å². The van der Waals surface area contributed by atoms with Crippen molar-refractivity contribution in [2.24, 2.45) is 0 Å². The van der Waals surface area contributed by atoms with Gasteiger partial charge in [-0.3, -0.25) is 9.89 Å². The summed E-state index contributed by atoms with van der Waals surface area (Å²) in [6.45, 7) is 3.12. The molecule has 0 saturated carbocycles. The first-order valence-electron chi connectivity index (χ1n) is 11.7.